The maximum atomic E-state index is 11.2. The van der Waals surface area contributed by atoms with E-state index in [9.17, 15) is 4.79 Å². The molecular formula is C8H13NO2. The number of piperidine rings is 1. The number of hydrogen-bond donors (Lipinski definition) is 1. The van der Waals surface area contributed by atoms with Crippen molar-refractivity contribution in [3.8, 4) is 0 Å². The van der Waals surface area contributed by atoms with E-state index in [-0.39, 0.29) is 12.0 Å². The van der Waals surface area contributed by atoms with Crippen LogP contribution in [0.2, 0.25) is 0 Å². The van der Waals surface area contributed by atoms with Crippen molar-refractivity contribution in [3.63, 3.8) is 0 Å². The zero-order valence-electron chi connectivity index (χ0n) is 6.67. The molecule has 0 aromatic carbocycles. The highest BCUT2D eigenvalue weighted by molar-refractivity contribution is 5.77. The Balaban J connectivity index is 1.89. The van der Waals surface area contributed by atoms with Gasteiger partial charge in [-0.1, -0.05) is 0 Å². The van der Waals surface area contributed by atoms with E-state index in [1.54, 1.807) is 0 Å². The maximum Gasteiger partial charge on any atom is 0.323 e. The first-order valence-electron chi connectivity index (χ1n) is 4.23. The first-order chi connectivity index (χ1) is 5.33. The molecule has 62 valence electrons. The molecule has 3 nitrogen and oxygen atoms in total. The average Bonchev–Trinajstić information content (AvgIpc) is 2.63. The number of ether oxygens (including phenoxy) is 1. The lowest BCUT2D eigenvalue weighted by molar-refractivity contribution is -0.145. The number of carbonyl (C=O) groups excluding carboxylic acids is 1. The van der Waals surface area contributed by atoms with Crippen LogP contribution in [0, 0.1) is 11.8 Å². The molecular weight excluding hydrogens is 142 g/mol. The molecule has 2 aliphatic rings. The molecule has 3 atom stereocenters. The number of carbonyl (C=O) groups is 1. The third-order valence-corrected chi connectivity index (χ3v) is 2.55. The minimum Gasteiger partial charge on any atom is -0.465 e. The van der Waals surface area contributed by atoms with Gasteiger partial charge in [-0.25, -0.2) is 0 Å². The van der Waals surface area contributed by atoms with Crippen LogP contribution in [0.5, 0.6) is 0 Å². The summed E-state index contributed by atoms with van der Waals surface area (Å²) in [5.41, 5.74) is 0. The minimum absolute atomic E-state index is 0.0138. The van der Waals surface area contributed by atoms with Gasteiger partial charge in [-0.15, -0.1) is 0 Å². The number of hydrogen-bond acceptors (Lipinski definition) is 3. The van der Waals surface area contributed by atoms with Gasteiger partial charge in [-0.05, 0) is 31.7 Å². The average molecular weight is 155 g/mol. The van der Waals surface area contributed by atoms with Crippen molar-refractivity contribution in [2.24, 2.45) is 11.8 Å². The van der Waals surface area contributed by atoms with Crippen molar-refractivity contribution in [2.75, 3.05) is 13.2 Å². The van der Waals surface area contributed by atoms with Crippen LogP contribution in [0.15, 0.2) is 0 Å². The van der Waals surface area contributed by atoms with E-state index in [0.717, 1.165) is 12.5 Å². The standard InChI is InChI=1S/C8H13NO2/c1-2-11-8(10)7-6-3-5(6)4-9-7/h5-7,9H,2-4H2,1H3. The molecule has 0 amide bonds. The maximum absolute atomic E-state index is 11.2. The summed E-state index contributed by atoms with van der Waals surface area (Å²) >= 11 is 0. The van der Waals surface area contributed by atoms with Crippen LogP contribution in [0.1, 0.15) is 13.3 Å². The number of rotatable bonds is 2. The van der Waals surface area contributed by atoms with Gasteiger partial charge >= 0.3 is 5.97 Å². The topological polar surface area (TPSA) is 38.3 Å². The van der Waals surface area contributed by atoms with Crippen LogP contribution in [0.3, 0.4) is 0 Å². The monoisotopic (exact) mass is 155 g/mol. The molecule has 1 aliphatic carbocycles. The highest BCUT2D eigenvalue weighted by atomic mass is 16.5. The van der Waals surface area contributed by atoms with Crippen LogP contribution < -0.4 is 5.32 Å². The molecule has 0 aromatic heterocycles. The van der Waals surface area contributed by atoms with Gasteiger partial charge in [0.15, 0.2) is 0 Å². The van der Waals surface area contributed by atoms with Crippen LogP contribution in [0.25, 0.3) is 0 Å². The van der Waals surface area contributed by atoms with E-state index in [1.165, 1.54) is 6.42 Å². The highest BCUT2D eigenvalue weighted by Crippen LogP contribution is 2.45. The largest absolute Gasteiger partial charge is 0.465 e. The summed E-state index contributed by atoms with van der Waals surface area (Å²) in [7, 11) is 0. The van der Waals surface area contributed by atoms with Crippen LogP contribution in [0.4, 0.5) is 0 Å². The van der Waals surface area contributed by atoms with Gasteiger partial charge < -0.3 is 10.1 Å². The van der Waals surface area contributed by atoms with Crippen LogP contribution >= 0.6 is 0 Å². The van der Waals surface area contributed by atoms with Gasteiger partial charge in [0.2, 0.25) is 0 Å². The Labute approximate surface area is 66.1 Å². The fourth-order valence-electron chi connectivity index (χ4n) is 1.83. The number of fused-ring (bicyclic) bond motifs is 1. The van der Waals surface area contributed by atoms with Gasteiger partial charge in [0.1, 0.15) is 6.04 Å². The predicted octanol–water partition coefficient (Wildman–Crippen LogP) is 0.157. The third-order valence-electron chi connectivity index (χ3n) is 2.55. The smallest absolute Gasteiger partial charge is 0.323 e. The molecule has 1 saturated carbocycles. The Hall–Kier alpha value is -0.570. The van der Waals surface area contributed by atoms with Gasteiger partial charge in [0.05, 0.1) is 6.61 Å². The molecule has 0 bridgehead atoms. The molecule has 1 N–H and O–H groups in total. The first-order valence-corrected chi connectivity index (χ1v) is 4.23. The second-order valence-corrected chi connectivity index (χ2v) is 3.30. The summed E-state index contributed by atoms with van der Waals surface area (Å²) in [6.07, 6.45) is 1.22. The zero-order chi connectivity index (χ0) is 7.84. The van der Waals surface area contributed by atoms with Gasteiger partial charge in [0.25, 0.3) is 0 Å². The third kappa shape index (κ3) is 1.13. The molecule has 1 saturated heterocycles. The Morgan fingerprint density at radius 2 is 2.55 bits per heavy atom. The molecule has 2 rings (SSSR count). The lowest BCUT2D eigenvalue weighted by Crippen LogP contribution is -2.36. The number of nitrogens with one attached hydrogen (secondary N) is 1. The quantitative estimate of drug-likeness (QED) is 0.577. The second kappa shape index (κ2) is 2.48. The zero-order valence-corrected chi connectivity index (χ0v) is 6.67. The fraction of sp³-hybridized carbons (Fsp3) is 0.875. The number of esters is 1. The molecule has 11 heavy (non-hydrogen) atoms. The summed E-state index contributed by atoms with van der Waals surface area (Å²) < 4.78 is 4.92. The van der Waals surface area contributed by atoms with E-state index in [0.29, 0.717) is 12.5 Å². The van der Waals surface area contributed by atoms with Gasteiger partial charge in [-0.3, -0.25) is 4.79 Å². The van der Waals surface area contributed by atoms with Gasteiger partial charge in [0, 0.05) is 0 Å². The predicted molar refractivity (Wildman–Crippen MR) is 40.0 cm³/mol. The van der Waals surface area contributed by atoms with Crippen molar-refractivity contribution in [1.82, 2.24) is 5.32 Å². The summed E-state index contributed by atoms with van der Waals surface area (Å²) in [4.78, 5) is 11.2. The highest BCUT2D eigenvalue weighted by Gasteiger charge is 2.51. The normalized spacial score (nSPS) is 39.9. The molecule has 1 aliphatic heterocycles. The Kier molecular flexibility index (Phi) is 1.60. The fourth-order valence-corrected chi connectivity index (χ4v) is 1.83. The summed E-state index contributed by atoms with van der Waals surface area (Å²) in [5, 5.41) is 3.17. The molecule has 0 radical (unpaired) electrons. The van der Waals surface area contributed by atoms with Crippen molar-refractivity contribution < 1.29 is 9.53 Å². The Morgan fingerprint density at radius 1 is 1.73 bits per heavy atom. The lowest BCUT2D eigenvalue weighted by Gasteiger charge is -2.10. The molecule has 0 aromatic rings. The van der Waals surface area contributed by atoms with Gasteiger partial charge in [-0.2, -0.15) is 0 Å². The molecule has 0 spiro atoms. The molecule has 2 fully saturated rings. The van der Waals surface area contributed by atoms with Crippen molar-refractivity contribution in [1.29, 1.82) is 0 Å². The van der Waals surface area contributed by atoms with E-state index in [2.05, 4.69) is 5.32 Å². The van der Waals surface area contributed by atoms with Crippen LogP contribution in [-0.4, -0.2) is 25.2 Å². The van der Waals surface area contributed by atoms with E-state index >= 15 is 0 Å². The Morgan fingerprint density at radius 3 is 3.00 bits per heavy atom. The van der Waals surface area contributed by atoms with E-state index < -0.39 is 0 Å². The van der Waals surface area contributed by atoms with Crippen molar-refractivity contribution >= 4 is 5.97 Å². The first kappa shape index (κ1) is 7.10. The minimum atomic E-state index is -0.0579. The van der Waals surface area contributed by atoms with Crippen LogP contribution in [-0.2, 0) is 9.53 Å². The van der Waals surface area contributed by atoms with E-state index in [1.807, 2.05) is 6.92 Å². The molecule has 1 heterocycles. The molecule has 3 unspecified atom stereocenters. The summed E-state index contributed by atoms with van der Waals surface area (Å²) in [6.45, 7) is 3.35. The SMILES string of the molecule is CCOC(=O)C1NCC2CC21. The van der Waals surface area contributed by atoms with E-state index in [4.69, 9.17) is 4.74 Å². The van der Waals surface area contributed by atoms with Crippen molar-refractivity contribution in [2.45, 2.75) is 19.4 Å². The second-order valence-electron chi connectivity index (χ2n) is 3.30. The lowest BCUT2D eigenvalue weighted by atomic mass is 10.2. The Bertz CT molecular complexity index is 181. The van der Waals surface area contributed by atoms with Crippen molar-refractivity contribution in [3.05, 3.63) is 0 Å². The summed E-state index contributed by atoms with van der Waals surface area (Å²) in [5.74, 6) is 1.30. The molecule has 3 heteroatoms. The summed E-state index contributed by atoms with van der Waals surface area (Å²) in [6, 6.07) is 0.0138.